The van der Waals surface area contributed by atoms with Crippen molar-refractivity contribution in [3.8, 4) is 5.69 Å². The summed E-state index contributed by atoms with van der Waals surface area (Å²) in [5.41, 5.74) is 7.68. The minimum atomic E-state index is -0.118. The van der Waals surface area contributed by atoms with Crippen LogP contribution in [0.2, 0.25) is 0 Å². The number of anilines is 1. The molecule has 0 atom stereocenters. The molecule has 0 saturated heterocycles. The van der Waals surface area contributed by atoms with Gasteiger partial charge in [0.1, 0.15) is 0 Å². The van der Waals surface area contributed by atoms with E-state index in [0.717, 1.165) is 18.5 Å². The maximum atomic E-state index is 12.3. The first kappa shape index (κ1) is 13.7. The van der Waals surface area contributed by atoms with Crippen molar-refractivity contribution in [3.63, 3.8) is 0 Å². The number of nitrogens with zero attached hydrogens (tertiary/aromatic N) is 2. The number of amides is 1. The molecule has 2 aromatic rings. The van der Waals surface area contributed by atoms with Crippen LogP contribution >= 0.6 is 0 Å². The molecule has 1 saturated carbocycles. The van der Waals surface area contributed by atoms with Crippen LogP contribution in [0.3, 0.4) is 0 Å². The van der Waals surface area contributed by atoms with Gasteiger partial charge in [0.05, 0.1) is 11.4 Å². The van der Waals surface area contributed by atoms with E-state index in [1.54, 1.807) is 16.9 Å². The van der Waals surface area contributed by atoms with Crippen molar-refractivity contribution in [2.24, 2.45) is 0 Å². The summed E-state index contributed by atoms with van der Waals surface area (Å²) in [6.45, 7) is 2.10. The molecule has 5 nitrogen and oxygen atoms in total. The Balaban J connectivity index is 1.79. The van der Waals surface area contributed by atoms with Gasteiger partial charge in [0.2, 0.25) is 0 Å². The predicted octanol–water partition coefficient (Wildman–Crippen LogP) is 2.52. The molecule has 1 amide bonds. The molecule has 1 heterocycles. The number of hydrogen-bond donors (Lipinski definition) is 2. The van der Waals surface area contributed by atoms with E-state index in [4.69, 9.17) is 5.73 Å². The standard InChI is InChI=1S/C16H20N4O/c1-16(9-4-5-10-16)18-15(21)13-8-11-20(19-13)14-7-3-2-6-12(14)17/h2-3,6-8,11H,4-5,9-10,17H2,1H3,(H,18,21). The molecule has 3 rings (SSSR count). The van der Waals surface area contributed by atoms with Crippen LogP contribution in [0.15, 0.2) is 36.5 Å². The van der Waals surface area contributed by atoms with Gasteiger partial charge in [-0.3, -0.25) is 4.79 Å². The molecule has 5 heteroatoms. The van der Waals surface area contributed by atoms with E-state index in [9.17, 15) is 4.79 Å². The summed E-state index contributed by atoms with van der Waals surface area (Å²) in [6.07, 6.45) is 6.17. The first-order valence-electron chi connectivity index (χ1n) is 7.30. The third kappa shape index (κ3) is 2.77. The Morgan fingerprint density at radius 1 is 1.29 bits per heavy atom. The molecule has 1 aromatic carbocycles. The Kier molecular flexibility index (Phi) is 3.41. The van der Waals surface area contributed by atoms with Crippen LogP contribution in [0, 0.1) is 0 Å². The van der Waals surface area contributed by atoms with Crippen LogP contribution < -0.4 is 11.1 Å². The second-order valence-corrected chi connectivity index (χ2v) is 5.93. The number of benzene rings is 1. The maximum Gasteiger partial charge on any atom is 0.272 e. The Bertz CT molecular complexity index is 656. The van der Waals surface area contributed by atoms with E-state index in [-0.39, 0.29) is 11.4 Å². The summed E-state index contributed by atoms with van der Waals surface area (Å²) < 4.78 is 1.64. The highest BCUT2D eigenvalue weighted by Crippen LogP contribution is 2.29. The van der Waals surface area contributed by atoms with E-state index in [2.05, 4.69) is 17.3 Å². The smallest absolute Gasteiger partial charge is 0.272 e. The molecule has 1 aliphatic rings. The molecule has 21 heavy (non-hydrogen) atoms. The van der Waals surface area contributed by atoms with Gasteiger partial charge >= 0.3 is 0 Å². The van der Waals surface area contributed by atoms with Crippen LogP contribution in [0.1, 0.15) is 43.1 Å². The van der Waals surface area contributed by atoms with Gasteiger partial charge in [-0.05, 0) is 38.0 Å². The number of carbonyl (C=O) groups excluding carboxylic acids is 1. The van der Waals surface area contributed by atoms with Gasteiger partial charge in [-0.25, -0.2) is 4.68 Å². The molecule has 1 aromatic heterocycles. The van der Waals surface area contributed by atoms with Crippen molar-refractivity contribution in [1.29, 1.82) is 0 Å². The lowest BCUT2D eigenvalue weighted by atomic mass is 10.0. The highest BCUT2D eigenvalue weighted by atomic mass is 16.2. The second-order valence-electron chi connectivity index (χ2n) is 5.93. The minimum absolute atomic E-state index is 0.0906. The fraction of sp³-hybridized carbons (Fsp3) is 0.375. The number of aromatic nitrogens is 2. The van der Waals surface area contributed by atoms with Crippen LogP contribution in [0.4, 0.5) is 5.69 Å². The summed E-state index contributed by atoms with van der Waals surface area (Å²) in [5, 5.41) is 7.44. The van der Waals surface area contributed by atoms with E-state index < -0.39 is 0 Å². The van der Waals surface area contributed by atoms with Crippen LogP contribution in [0.25, 0.3) is 5.69 Å². The van der Waals surface area contributed by atoms with Gasteiger partial charge in [0.15, 0.2) is 5.69 Å². The molecule has 0 aliphatic heterocycles. The van der Waals surface area contributed by atoms with Gasteiger partial charge in [-0.15, -0.1) is 0 Å². The number of rotatable bonds is 3. The van der Waals surface area contributed by atoms with Crippen molar-refractivity contribution in [1.82, 2.24) is 15.1 Å². The van der Waals surface area contributed by atoms with Crippen molar-refractivity contribution in [3.05, 3.63) is 42.2 Å². The van der Waals surface area contributed by atoms with Gasteiger partial charge in [-0.2, -0.15) is 5.10 Å². The molecule has 3 N–H and O–H groups in total. The zero-order chi connectivity index (χ0) is 14.9. The molecular formula is C16H20N4O. The lowest BCUT2D eigenvalue weighted by Crippen LogP contribution is -2.43. The van der Waals surface area contributed by atoms with E-state index >= 15 is 0 Å². The molecule has 0 spiro atoms. The van der Waals surface area contributed by atoms with Crippen molar-refractivity contribution >= 4 is 11.6 Å². The average molecular weight is 284 g/mol. The van der Waals surface area contributed by atoms with Crippen molar-refractivity contribution in [2.45, 2.75) is 38.1 Å². The number of para-hydroxylation sites is 2. The van der Waals surface area contributed by atoms with Crippen molar-refractivity contribution in [2.75, 3.05) is 5.73 Å². The van der Waals surface area contributed by atoms with Crippen LogP contribution in [-0.4, -0.2) is 21.2 Å². The molecule has 1 aliphatic carbocycles. The molecule has 1 fully saturated rings. The summed E-state index contributed by atoms with van der Waals surface area (Å²) >= 11 is 0. The summed E-state index contributed by atoms with van der Waals surface area (Å²) in [4.78, 5) is 12.3. The molecule has 0 unspecified atom stereocenters. The lowest BCUT2D eigenvalue weighted by Gasteiger charge is -2.24. The van der Waals surface area contributed by atoms with E-state index in [1.165, 1.54) is 12.8 Å². The van der Waals surface area contributed by atoms with Crippen molar-refractivity contribution < 1.29 is 4.79 Å². The number of carbonyl (C=O) groups is 1. The van der Waals surface area contributed by atoms with Gasteiger partial charge in [0, 0.05) is 11.7 Å². The monoisotopic (exact) mass is 284 g/mol. The van der Waals surface area contributed by atoms with Crippen LogP contribution in [-0.2, 0) is 0 Å². The highest BCUT2D eigenvalue weighted by Gasteiger charge is 2.30. The number of nitrogens with two attached hydrogens (primary N) is 1. The summed E-state index contributed by atoms with van der Waals surface area (Å²) in [6, 6.07) is 9.18. The Morgan fingerprint density at radius 2 is 2.00 bits per heavy atom. The molecule has 110 valence electrons. The van der Waals surface area contributed by atoms with Gasteiger partial charge in [0.25, 0.3) is 5.91 Å². The summed E-state index contributed by atoms with van der Waals surface area (Å²) in [5.74, 6) is -0.118. The fourth-order valence-electron chi connectivity index (χ4n) is 2.89. The molecule has 0 bridgehead atoms. The van der Waals surface area contributed by atoms with Gasteiger partial charge in [-0.1, -0.05) is 25.0 Å². The highest BCUT2D eigenvalue weighted by molar-refractivity contribution is 5.92. The maximum absolute atomic E-state index is 12.3. The Hall–Kier alpha value is -2.30. The largest absolute Gasteiger partial charge is 0.397 e. The quantitative estimate of drug-likeness (QED) is 0.851. The second kappa shape index (κ2) is 5.24. The lowest BCUT2D eigenvalue weighted by molar-refractivity contribution is 0.0902. The Labute approximate surface area is 124 Å². The average Bonchev–Trinajstić information content (AvgIpc) is 3.08. The summed E-state index contributed by atoms with van der Waals surface area (Å²) in [7, 11) is 0. The van der Waals surface area contributed by atoms with E-state index in [0.29, 0.717) is 11.4 Å². The number of nitrogen functional groups attached to an aromatic ring is 1. The third-order valence-corrected chi connectivity index (χ3v) is 4.13. The number of nitrogens with one attached hydrogen (secondary N) is 1. The first-order chi connectivity index (χ1) is 10.1. The molecular weight excluding hydrogens is 264 g/mol. The zero-order valence-corrected chi connectivity index (χ0v) is 12.2. The molecule has 0 radical (unpaired) electrons. The fourth-order valence-corrected chi connectivity index (χ4v) is 2.89. The first-order valence-corrected chi connectivity index (χ1v) is 7.30. The van der Waals surface area contributed by atoms with Crippen LogP contribution in [0.5, 0.6) is 0 Å². The third-order valence-electron chi connectivity index (χ3n) is 4.13. The van der Waals surface area contributed by atoms with E-state index in [1.807, 2.05) is 24.3 Å². The Morgan fingerprint density at radius 3 is 2.71 bits per heavy atom. The number of hydrogen-bond acceptors (Lipinski definition) is 3. The minimum Gasteiger partial charge on any atom is -0.397 e. The predicted molar refractivity (Wildman–Crippen MR) is 82.3 cm³/mol. The normalized spacial score (nSPS) is 16.8. The topological polar surface area (TPSA) is 72.9 Å². The zero-order valence-electron chi connectivity index (χ0n) is 12.2. The SMILES string of the molecule is CC1(NC(=O)c2ccn(-c3ccccc3N)n2)CCCC1. The van der Waals surface area contributed by atoms with Gasteiger partial charge < -0.3 is 11.1 Å².